The van der Waals surface area contributed by atoms with Crippen LogP contribution >= 0.6 is 11.6 Å². The van der Waals surface area contributed by atoms with E-state index in [0.717, 1.165) is 18.4 Å². The number of allylic oxidation sites excluding steroid dienone is 2. The van der Waals surface area contributed by atoms with Crippen LogP contribution in [0.15, 0.2) is 52.7 Å². The number of ether oxygens (including phenoxy) is 2. The van der Waals surface area contributed by atoms with Crippen molar-refractivity contribution < 1.29 is 24.5 Å². The maximum absolute atomic E-state index is 11.4. The van der Waals surface area contributed by atoms with Gasteiger partial charge in [-0.25, -0.2) is 4.79 Å². The van der Waals surface area contributed by atoms with Gasteiger partial charge in [0.15, 0.2) is 5.49 Å². The summed E-state index contributed by atoms with van der Waals surface area (Å²) in [4.78, 5) is 23.6. The maximum atomic E-state index is 11.4. The molecule has 34 heavy (non-hydrogen) atoms. The third-order valence-electron chi connectivity index (χ3n) is 6.35. The molecule has 0 radical (unpaired) electrons. The number of aromatic amines is 1. The second-order valence-electron chi connectivity index (χ2n) is 9.00. The summed E-state index contributed by atoms with van der Waals surface area (Å²) in [7, 11) is 0. The molecule has 1 fully saturated rings. The number of carboxylic acids is 1. The Kier molecular flexibility index (Phi) is 6.18. The second-order valence-corrected chi connectivity index (χ2v) is 9.50. The van der Waals surface area contributed by atoms with Crippen LogP contribution in [0.5, 0.6) is 11.8 Å². The lowest BCUT2D eigenvalue weighted by Crippen LogP contribution is -2.33. The summed E-state index contributed by atoms with van der Waals surface area (Å²) in [6.45, 7) is 2.16. The largest absolute Gasteiger partial charge is 0.491 e. The number of carboxylic acid groups (broad SMARTS) is 1. The Morgan fingerprint density at radius 1 is 1.29 bits per heavy atom. The van der Waals surface area contributed by atoms with E-state index in [0.29, 0.717) is 46.9 Å². The van der Waals surface area contributed by atoms with Crippen LogP contribution < -0.4 is 20.3 Å². The van der Waals surface area contributed by atoms with Crippen molar-refractivity contribution in [1.29, 1.82) is 0 Å². The van der Waals surface area contributed by atoms with Crippen LogP contribution in [0, 0.1) is 11.8 Å². The van der Waals surface area contributed by atoms with Gasteiger partial charge in [0.05, 0.1) is 22.9 Å². The fourth-order valence-corrected chi connectivity index (χ4v) is 4.45. The number of hydrogen-bond donors (Lipinski definition) is 3. The number of aliphatic hydroxyl groups excluding tert-OH is 1. The lowest BCUT2D eigenvalue weighted by atomic mass is 9.93. The van der Waals surface area contributed by atoms with E-state index in [1.807, 2.05) is 43.3 Å². The molecule has 4 unspecified atom stereocenters. The second kappa shape index (κ2) is 9.27. The van der Waals surface area contributed by atoms with Crippen molar-refractivity contribution in [1.82, 2.24) is 9.97 Å². The molecule has 3 aliphatic rings. The molecule has 1 aromatic heterocycles. The number of nitrogens with one attached hydrogen (secondary N) is 1. The van der Waals surface area contributed by atoms with Crippen molar-refractivity contribution in [3.8, 4) is 11.8 Å². The van der Waals surface area contributed by atoms with Crippen LogP contribution in [0.2, 0.25) is 0 Å². The van der Waals surface area contributed by atoms with Gasteiger partial charge < -0.3 is 24.7 Å². The van der Waals surface area contributed by atoms with Crippen LogP contribution in [0.1, 0.15) is 37.8 Å². The first-order valence-electron chi connectivity index (χ1n) is 11.4. The van der Waals surface area contributed by atoms with Gasteiger partial charge in [0.25, 0.3) is 0 Å². The smallest absolute Gasteiger partial charge is 0.331 e. The minimum absolute atomic E-state index is 0.0733. The Balaban J connectivity index is 1.30. The monoisotopic (exact) mass is 483 g/mol. The van der Waals surface area contributed by atoms with Crippen LogP contribution in [-0.4, -0.2) is 44.2 Å². The predicted molar refractivity (Wildman–Crippen MR) is 125 cm³/mol. The maximum Gasteiger partial charge on any atom is 0.331 e. The molecule has 4 atom stereocenters. The van der Waals surface area contributed by atoms with Crippen molar-refractivity contribution in [3.63, 3.8) is 0 Å². The zero-order valence-corrected chi connectivity index (χ0v) is 19.4. The van der Waals surface area contributed by atoms with Crippen LogP contribution in [0.25, 0.3) is 6.08 Å². The molecule has 0 amide bonds. The molecule has 1 aromatic carbocycles. The molecule has 0 saturated heterocycles. The number of halogens is 1. The van der Waals surface area contributed by atoms with E-state index in [1.165, 1.54) is 6.08 Å². The molecule has 0 spiro atoms. The number of benzene rings is 1. The lowest BCUT2D eigenvalue weighted by Gasteiger charge is -2.18. The average molecular weight is 484 g/mol. The van der Waals surface area contributed by atoms with Gasteiger partial charge in [0.2, 0.25) is 0 Å². The van der Waals surface area contributed by atoms with Crippen LogP contribution in [0.3, 0.4) is 0 Å². The van der Waals surface area contributed by atoms with Gasteiger partial charge in [-0.2, -0.15) is 4.98 Å². The number of aromatic nitrogens is 2. The van der Waals surface area contributed by atoms with Gasteiger partial charge >= 0.3 is 12.0 Å². The van der Waals surface area contributed by atoms with Gasteiger partial charge in [0.1, 0.15) is 18.1 Å². The topological polar surface area (TPSA) is 117 Å². The fraction of sp³-hybridized carbons (Fsp3) is 0.400. The van der Waals surface area contributed by atoms with Crippen molar-refractivity contribution in [2.75, 3.05) is 6.61 Å². The number of imidazole rings is 1. The van der Waals surface area contributed by atoms with Crippen molar-refractivity contribution in [2.24, 2.45) is 16.8 Å². The molecule has 2 aliphatic carbocycles. The van der Waals surface area contributed by atoms with Crippen LogP contribution in [-0.2, 0) is 4.79 Å². The molecule has 9 heteroatoms. The molecule has 2 heterocycles. The summed E-state index contributed by atoms with van der Waals surface area (Å²) in [5.74, 6) is 0.471. The Bertz CT molecular complexity index is 1260. The number of alkyl halides is 1. The number of aliphatic hydroxyl groups is 1. The number of nitrogens with zero attached hydrogens (tertiary/aromatic N) is 2. The predicted octanol–water partition coefficient (Wildman–Crippen LogP) is 2.64. The summed E-state index contributed by atoms with van der Waals surface area (Å²) in [6, 6.07) is 7.44. The van der Waals surface area contributed by atoms with E-state index < -0.39 is 17.5 Å². The number of hydrogen-bond acceptors (Lipinski definition) is 6. The summed E-state index contributed by atoms with van der Waals surface area (Å²) in [6.07, 6.45) is 7.52. The number of aliphatic carboxylic acids is 1. The Morgan fingerprint density at radius 3 is 2.76 bits per heavy atom. The van der Waals surface area contributed by atoms with Gasteiger partial charge in [-0.15, -0.1) is 11.6 Å². The Morgan fingerprint density at radius 2 is 2.06 bits per heavy atom. The zero-order valence-electron chi connectivity index (χ0n) is 18.6. The molecule has 0 bridgehead atoms. The minimum Gasteiger partial charge on any atom is -0.491 e. The molecule has 1 saturated carbocycles. The van der Waals surface area contributed by atoms with Gasteiger partial charge in [0, 0.05) is 5.57 Å². The molecular weight excluding hydrogens is 458 g/mol. The average Bonchev–Trinajstić information content (AvgIpc) is 3.60. The summed E-state index contributed by atoms with van der Waals surface area (Å²) in [5.41, 5.74) is 1.71. The minimum atomic E-state index is -0.952. The van der Waals surface area contributed by atoms with E-state index in [2.05, 4.69) is 9.97 Å². The molecule has 3 N–H and O–H groups in total. The molecule has 8 nitrogen and oxygen atoms in total. The summed E-state index contributed by atoms with van der Waals surface area (Å²) < 4.78 is 11.5. The highest BCUT2D eigenvalue weighted by Crippen LogP contribution is 2.33. The fourth-order valence-electron chi connectivity index (χ4n) is 4.12. The first-order chi connectivity index (χ1) is 16.4. The third-order valence-corrected chi connectivity index (χ3v) is 6.71. The number of carbonyl (C=O) groups is 1. The zero-order chi connectivity index (χ0) is 23.8. The highest BCUT2D eigenvalue weighted by Gasteiger charge is 2.30. The lowest BCUT2D eigenvalue weighted by molar-refractivity contribution is -0.133. The van der Waals surface area contributed by atoms with Crippen molar-refractivity contribution in [3.05, 3.63) is 64.2 Å². The molecule has 5 rings (SSSR count). The molecule has 178 valence electrons. The van der Waals surface area contributed by atoms with Crippen molar-refractivity contribution >= 4 is 23.6 Å². The van der Waals surface area contributed by atoms with E-state index >= 15 is 0 Å². The highest BCUT2D eigenvalue weighted by molar-refractivity contribution is 6.24. The number of fused-ring (bicyclic) bond motifs is 1. The van der Waals surface area contributed by atoms with Crippen molar-refractivity contribution in [2.45, 2.75) is 43.7 Å². The van der Waals surface area contributed by atoms with Gasteiger partial charge in [-0.1, -0.05) is 19.1 Å². The molecule has 2 aromatic rings. The normalized spacial score (nSPS) is 24.6. The van der Waals surface area contributed by atoms with E-state index in [4.69, 9.17) is 26.1 Å². The highest BCUT2D eigenvalue weighted by atomic mass is 35.5. The first kappa shape index (κ1) is 22.7. The number of rotatable bonds is 8. The number of H-pyrrole nitrogens is 1. The van der Waals surface area contributed by atoms with Gasteiger partial charge in [-0.3, -0.25) is 4.99 Å². The van der Waals surface area contributed by atoms with E-state index in [-0.39, 0.29) is 18.0 Å². The summed E-state index contributed by atoms with van der Waals surface area (Å²) >= 11 is 6.61. The van der Waals surface area contributed by atoms with E-state index in [9.17, 15) is 15.0 Å². The standard InChI is InChI=1S/C25H26ClN3O5/c1-13-2-7-17(10-18(13)24(31)32)34-25-27-20-11-19(26)22(28-23(20)29-25)15-5-8-16(9-6-15)33-12-21(30)14-3-4-14/h5-11,13-14,19,21-22,30H,2-4,12H2,1H3,(H,31,32)(H,27,28,29). The third kappa shape index (κ3) is 4.88. The Hall–Kier alpha value is -3.10. The first-order valence-corrected chi connectivity index (χ1v) is 11.8. The van der Waals surface area contributed by atoms with Crippen LogP contribution in [0.4, 0.5) is 0 Å². The molecule has 1 aliphatic heterocycles. The Labute approximate surface area is 201 Å². The summed E-state index contributed by atoms with van der Waals surface area (Å²) in [5, 5.41) is 19.6. The quantitative estimate of drug-likeness (QED) is 0.497. The van der Waals surface area contributed by atoms with Gasteiger partial charge in [-0.05, 0) is 67.0 Å². The molecular formula is C25H26ClN3O5. The SMILES string of the molecule is CC1CC=C(Oc2nc3c([nH]2)=CC(Cl)C(c2ccc(OCC(O)C4CC4)cc2)N=3)C=C1C(=O)O. The van der Waals surface area contributed by atoms with E-state index in [1.54, 1.807) is 0 Å².